The number of aromatic nitrogens is 4. The largest absolute Gasteiger partial charge is 0.395 e. The van der Waals surface area contributed by atoms with Crippen molar-refractivity contribution in [1.29, 1.82) is 0 Å². The summed E-state index contributed by atoms with van der Waals surface area (Å²) in [6.07, 6.45) is 4.76. The molecule has 4 aromatic rings. The highest BCUT2D eigenvalue weighted by atomic mass is 32.1. The number of fused-ring (bicyclic) bond motifs is 1. The van der Waals surface area contributed by atoms with E-state index < -0.39 is 0 Å². The maximum absolute atomic E-state index is 13.3. The number of likely N-dealkylation sites (N-methyl/N-ethyl adjacent to an activating group) is 1. The first-order valence-corrected chi connectivity index (χ1v) is 13.7. The van der Waals surface area contributed by atoms with Gasteiger partial charge in [-0.05, 0) is 56.1 Å². The first-order valence-electron chi connectivity index (χ1n) is 12.8. The minimum absolute atomic E-state index is 0.0132. The topological polar surface area (TPSA) is 98.9 Å². The Hall–Kier alpha value is -3.34. The van der Waals surface area contributed by atoms with Crippen LogP contribution >= 0.6 is 11.3 Å². The highest BCUT2D eigenvalue weighted by molar-refractivity contribution is 7.13. The Balaban J connectivity index is 1.50. The van der Waals surface area contributed by atoms with Crippen LogP contribution in [0.3, 0.4) is 0 Å². The average Bonchev–Trinajstić information content (AvgIpc) is 3.60. The van der Waals surface area contributed by atoms with Gasteiger partial charge in [-0.25, -0.2) is 14.5 Å². The Labute approximate surface area is 220 Å². The average molecular weight is 520 g/mol. The van der Waals surface area contributed by atoms with E-state index in [0.29, 0.717) is 29.5 Å². The van der Waals surface area contributed by atoms with Gasteiger partial charge in [0, 0.05) is 30.9 Å². The third kappa shape index (κ3) is 5.09. The SMILES string of the molecule is CCN(CC)[C@@H](CO)CNC(=O)c1cc(-c2cnn3ccc(-c4cccs4)nc23)nc(N2CC[C@H]2C)c1. The molecule has 0 unspecified atom stereocenters. The fourth-order valence-corrected chi connectivity index (χ4v) is 5.46. The van der Waals surface area contributed by atoms with E-state index in [9.17, 15) is 9.90 Å². The number of hydrogen-bond donors (Lipinski definition) is 2. The van der Waals surface area contributed by atoms with Gasteiger partial charge in [0.2, 0.25) is 0 Å². The van der Waals surface area contributed by atoms with Crippen LogP contribution in [-0.4, -0.2) is 80.4 Å². The van der Waals surface area contributed by atoms with E-state index in [1.807, 2.05) is 41.9 Å². The Morgan fingerprint density at radius 3 is 2.73 bits per heavy atom. The third-order valence-electron chi connectivity index (χ3n) is 7.14. The number of pyridine rings is 1. The van der Waals surface area contributed by atoms with Crippen LogP contribution in [0.4, 0.5) is 5.82 Å². The van der Waals surface area contributed by atoms with Gasteiger partial charge in [-0.1, -0.05) is 19.9 Å². The summed E-state index contributed by atoms with van der Waals surface area (Å²) in [5.41, 5.74) is 3.54. The second-order valence-corrected chi connectivity index (χ2v) is 10.3. The monoisotopic (exact) mass is 519 g/mol. The van der Waals surface area contributed by atoms with E-state index >= 15 is 0 Å². The number of anilines is 1. The van der Waals surface area contributed by atoms with Crippen LogP contribution in [0.15, 0.2) is 48.1 Å². The minimum Gasteiger partial charge on any atom is -0.395 e. The van der Waals surface area contributed by atoms with Gasteiger partial charge in [0.05, 0.1) is 40.7 Å². The Kier molecular flexibility index (Phi) is 7.50. The molecule has 2 atom stereocenters. The first kappa shape index (κ1) is 25.3. The van der Waals surface area contributed by atoms with Crippen molar-refractivity contribution in [1.82, 2.24) is 29.8 Å². The molecule has 1 amide bonds. The number of nitrogens with one attached hydrogen (secondary N) is 1. The lowest BCUT2D eigenvalue weighted by Gasteiger charge is -2.40. The van der Waals surface area contributed by atoms with E-state index in [1.54, 1.807) is 22.0 Å². The number of aliphatic hydroxyl groups is 1. The predicted molar refractivity (Wildman–Crippen MR) is 147 cm³/mol. The number of hydrogen-bond acceptors (Lipinski definition) is 8. The van der Waals surface area contributed by atoms with Crippen LogP contribution in [0.2, 0.25) is 0 Å². The molecule has 10 heteroatoms. The molecule has 5 heterocycles. The number of aliphatic hydroxyl groups excluding tert-OH is 1. The zero-order valence-electron chi connectivity index (χ0n) is 21.5. The number of rotatable bonds is 10. The molecule has 5 rings (SSSR count). The van der Waals surface area contributed by atoms with Gasteiger partial charge in [0.1, 0.15) is 5.82 Å². The van der Waals surface area contributed by atoms with E-state index in [-0.39, 0.29) is 18.6 Å². The molecule has 0 spiro atoms. The van der Waals surface area contributed by atoms with E-state index in [4.69, 9.17) is 9.97 Å². The summed E-state index contributed by atoms with van der Waals surface area (Å²) in [6, 6.07) is 9.91. The van der Waals surface area contributed by atoms with Gasteiger partial charge in [0.25, 0.3) is 5.91 Å². The summed E-state index contributed by atoms with van der Waals surface area (Å²) in [5, 5.41) is 19.4. The standard InChI is InChI=1S/C27H33N7O2S/c1-4-32(5-2)20(17-35)15-28-27(36)19-13-23(30-25(14-19)33-10-8-18(33)3)21-16-29-34-11-9-22(31-26(21)34)24-7-6-12-37-24/h6-7,9,11-14,16,18,20,35H,4-5,8,10,15,17H2,1-3H3,(H,28,36)/t18-,20-/m1/s1. The summed E-state index contributed by atoms with van der Waals surface area (Å²) in [5.74, 6) is 0.588. The molecule has 0 saturated carbocycles. The van der Waals surface area contributed by atoms with Crippen LogP contribution in [-0.2, 0) is 0 Å². The van der Waals surface area contributed by atoms with E-state index in [1.165, 1.54) is 0 Å². The molecule has 1 fully saturated rings. The normalized spacial score (nSPS) is 16.2. The van der Waals surface area contributed by atoms with Gasteiger partial charge in [-0.15, -0.1) is 11.3 Å². The first-order chi connectivity index (χ1) is 18.0. The molecule has 1 saturated heterocycles. The van der Waals surface area contributed by atoms with Crippen LogP contribution in [0, 0.1) is 0 Å². The number of nitrogens with zero attached hydrogens (tertiary/aromatic N) is 6. The fourth-order valence-electron chi connectivity index (χ4n) is 4.76. The van der Waals surface area contributed by atoms with Gasteiger partial charge in [0.15, 0.2) is 5.65 Å². The van der Waals surface area contributed by atoms with Gasteiger partial charge in [-0.2, -0.15) is 5.10 Å². The maximum atomic E-state index is 13.3. The van der Waals surface area contributed by atoms with Crippen molar-refractivity contribution in [2.75, 3.05) is 37.7 Å². The molecule has 0 bridgehead atoms. The molecule has 4 aromatic heterocycles. The predicted octanol–water partition coefficient (Wildman–Crippen LogP) is 3.55. The van der Waals surface area contributed by atoms with Gasteiger partial charge in [-0.3, -0.25) is 9.69 Å². The quantitative estimate of drug-likeness (QED) is 0.331. The summed E-state index contributed by atoms with van der Waals surface area (Å²) >= 11 is 1.64. The third-order valence-corrected chi connectivity index (χ3v) is 8.04. The lowest BCUT2D eigenvalue weighted by atomic mass is 10.0. The fraction of sp³-hybridized carbons (Fsp3) is 0.407. The number of thiophene rings is 1. The van der Waals surface area contributed by atoms with Gasteiger partial charge >= 0.3 is 0 Å². The molecule has 2 N–H and O–H groups in total. The molecule has 37 heavy (non-hydrogen) atoms. The second-order valence-electron chi connectivity index (χ2n) is 9.31. The number of carbonyl (C=O) groups is 1. The van der Waals surface area contributed by atoms with Crippen molar-refractivity contribution < 1.29 is 9.90 Å². The van der Waals surface area contributed by atoms with Crippen molar-refractivity contribution in [2.24, 2.45) is 0 Å². The van der Waals surface area contributed by atoms with Crippen LogP contribution < -0.4 is 10.2 Å². The molecule has 1 aliphatic rings. The number of carbonyl (C=O) groups excluding carboxylic acids is 1. The van der Waals surface area contributed by atoms with E-state index in [0.717, 1.165) is 48.0 Å². The van der Waals surface area contributed by atoms with Crippen molar-refractivity contribution in [3.8, 4) is 21.8 Å². The zero-order chi connectivity index (χ0) is 25.9. The summed E-state index contributed by atoms with van der Waals surface area (Å²) in [7, 11) is 0. The molecule has 0 aliphatic carbocycles. The number of amides is 1. The molecular formula is C27H33N7O2S. The smallest absolute Gasteiger partial charge is 0.251 e. The van der Waals surface area contributed by atoms with Crippen LogP contribution in [0.5, 0.6) is 0 Å². The molecule has 0 aromatic carbocycles. The molecule has 0 radical (unpaired) electrons. The highest BCUT2D eigenvalue weighted by Crippen LogP contribution is 2.31. The summed E-state index contributed by atoms with van der Waals surface area (Å²) < 4.78 is 1.74. The van der Waals surface area contributed by atoms with Crippen molar-refractivity contribution in [3.05, 3.63) is 53.7 Å². The molecule has 1 aliphatic heterocycles. The molecule has 9 nitrogen and oxygen atoms in total. The highest BCUT2D eigenvalue weighted by Gasteiger charge is 2.27. The Morgan fingerprint density at radius 1 is 1.24 bits per heavy atom. The molecular weight excluding hydrogens is 486 g/mol. The van der Waals surface area contributed by atoms with Crippen molar-refractivity contribution in [3.63, 3.8) is 0 Å². The summed E-state index contributed by atoms with van der Waals surface area (Å²) in [6.45, 7) is 9.15. The zero-order valence-corrected chi connectivity index (χ0v) is 22.3. The van der Waals surface area contributed by atoms with Crippen molar-refractivity contribution in [2.45, 2.75) is 39.3 Å². The Morgan fingerprint density at radius 2 is 2.08 bits per heavy atom. The van der Waals surface area contributed by atoms with Crippen LogP contribution in [0.25, 0.3) is 27.5 Å². The van der Waals surface area contributed by atoms with Gasteiger partial charge < -0.3 is 15.3 Å². The molecule has 194 valence electrons. The Bertz CT molecular complexity index is 1370. The van der Waals surface area contributed by atoms with E-state index in [2.05, 4.69) is 41.0 Å². The van der Waals surface area contributed by atoms with Crippen molar-refractivity contribution >= 4 is 28.7 Å². The second kappa shape index (κ2) is 11.0. The lowest BCUT2D eigenvalue weighted by molar-refractivity contribution is 0.0904. The summed E-state index contributed by atoms with van der Waals surface area (Å²) in [4.78, 5) is 28.6. The van der Waals surface area contributed by atoms with Crippen LogP contribution in [0.1, 0.15) is 37.6 Å². The maximum Gasteiger partial charge on any atom is 0.251 e. The lowest BCUT2D eigenvalue weighted by Crippen LogP contribution is -2.47. The minimum atomic E-state index is -0.188.